The first-order valence-electron chi connectivity index (χ1n) is 9.51. The van der Waals surface area contributed by atoms with Gasteiger partial charge < -0.3 is 14.4 Å². The second-order valence-corrected chi connectivity index (χ2v) is 8.26. The number of imidazole rings is 1. The number of fused-ring (bicyclic) bond motifs is 1. The SMILES string of the molecule is CCN(C)C(=O)n1c([S@@](=O)Cc2ncc(C)c(OC)c2C)nc2cc(OC)ccc21. The standard InChI is InChI=1S/C21H26N4O4S/c1-7-24(4)21(26)25-18-9-8-15(28-5)10-16(18)23-20(25)30(27)12-17-14(3)19(29-6)13(2)11-22-17/h8-11H,7,12H2,1-6H3/t30-/m0/s1. The van der Waals surface area contributed by atoms with Gasteiger partial charge in [-0.25, -0.2) is 14.3 Å². The van der Waals surface area contributed by atoms with Crippen LogP contribution >= 0.6 is 0 Å². The zero-order valence-corrected chi connectivity index (χ0v) is 18.9. The summed E-state index contributed by atoms with van der Waals surface area (Å²) in [5, 5.41) is 0.185. The fourth-order valence-electron chi connectivity index (χ4n) is 3.21. The van der Waals surface area contributed by atoms with E-state index >= 15 is 0 Å². The predicted molar refractivity (Wildman–Crippen MR) is 116 cm³/mol. The van der Waals surface area contributed by atoms with Gasteiger partial charge in [-0.15, -0.1) is 0 Å². The number of aromatic nitrogens is 3. The Morgan fingerprint density at radius 3 is 2.60 bits per heavy atom. The minimum Gasteiger partial charge on any atom is -0.497 e. The van der Waals surface area contributed by atoms with E-state index in [0.717, 1.165) is 16.9 Å². The summed E-state index contributed by atoms with van der Waals surface area (Å²) in [6.07, 6.45) is 1.70. The molecule has 160 valence electrons. The molecule has 0 fully saturated rings. The maximum atomic E-state index is 13.4. The molecule has 0 aliphatic rings. The van der Waals surface area contributed by atoms with E-state index in [1.807, 2.05) is 20.8 Å². The van der Waals surface area contributed by atoms with Gasteiger partial charge in [0.1, 0.15) is 11.5 Å². The highest BCUT2D eigenvalue weighted by Gasteiger charge is 2.25. The number of carbonyl (C=O) groups is 1. The van der Waals surface area contributed by atoms with Gasteiger partial charge in [-0.3, -0.25) is 9.19 Å². The predicted octanol–water partition coefficient (Wildman–Crippen LogP) is 3.29. The molecule has 0 aliphatic heterocycles. The van der Waals surface area contributed by atoms with Gasteiger partial charge in [-0.05, 0) is 32.9 Å². The number of pyridine rings is 1. The Labute approximate surface area is 178 Å². The molecule has 0 aliphatic carbocycles. The highest BCUT2D eigenvalue weighted by atomic mass is 32.2. The average Bonchev–Trinajstić information content (AvgIpc) is 3.13. The summed E-state index contributed by atoms with van der Waals surface area (Å²) in [6, 6.07) is 4.94. The van der Waals surface area contributed by atoms with Gasteiger partial charge in [-0.1, -0.05) is 0 Å². The number of amides is 1. The minimum atomic E-state index is -1.61. The summed E-state index contributed by atoms with van der Waals surface area (Å²) in [7, 11) is 3.25. The molecule has 3 aromatic rings. The van der Waals surface area contributed by atoms with Gasteiger partial charge in [0.15, 0.2) is 0 Å². The number of benzene rings is 1. The molecule has 2 heterocycles. The summed E-state index contributed by atoms with van der Waals surface area (Å²) in [5.41, 5.74) is 3.50. The molecule has 9 heteroatoms. The number of hydrogen-bond acceptors (Lipinski definition) is 6. The minimum absolute atomic E-state index is 0.117. The molecule has 1 amide bonds. The van der Waals surface area contributed by atoms with E-state index in [2.05, 4.69) is 9.97 Å². The Kier molecular flexibility index (Phi) is 6.40. The van der Waals surface area contributed by atoms with E-state index in [-0.39, 0.29) is 16.9 Å². The number of rotatable bonds is 6. The van der Waals surface area contributed by atoms with Crippen LogP contribution in [0.25, 0.3) is 11.0 Å². The summed E-state index contributed by atoms with van der Waals surface area (Å²) in [4.78, 5) is 23.5. The molecule has 0 bridgehead atoms. The number of carbonyl (C=O) groups excluding carboxylic acids is 1. The zero-order valence-electron chi connectivity index (χ0n) is 18.1. The fraction of sp³-hybridized carbons (Fsp3) is 0.381. The third-order valence-corrected chi connectivity index (χ3v) is 6.26. The van der Waals surface area contributed by atoms with Gasteiger partial charge in [0.2, 0.25) is 5.16 Å². The lowest BCUT2D eigenvalue weighted by molar-refractivity contribution is 0.211. The Morgan fingerprint density at radius 2 is 1.97 bits per heavy atom. The molecule has 0 spiro atoms. The van der Waals surface area contributed by atoms with E-state index in [0.29, 0.717) is 29.0 Å². The van der Waals surface area contributed by atoms with Crippen molar-refractivity contribution < 1.29 is 18.5 Å². The van der Waals surface area contributed by atoms with Crippen molar-refractivity contribution in [3.8, 4) is 11.5 Å². The first-order valence-corrected chi connectivity index (χ1v) is 10.8. The maximum absolute atomic E-state index is 13.4. The van der Waals surface area contributed by atoms with Crippen molar-refractivity contribution in [2.45, 2.75) is 31.7 Å². The van der Waals surface area contributed by atoms with E-state index in [1.165, 1.54) is 4.57 Å². The van der Waals surface area contributed by atoms with Crippen molar-refractivity contribution in [2.75, 3.05) is 27.8 Å². The molecular weight excluding hydrogens is 404 g/mol. The summed E-state index contributed by atoms with van der Waals surface area (Å²) >= 11 is 0. The average molecular weight is 431 g/mol. The second kappa shape index (κ2) is 8.83. The van der Waals surface area contributed by atoms with Crippen LogP contribution in [0.2, 0.25) is 0 Å². The van der Waals surface area contributed by atoms with Crippen LogP contribution in [-0.2, 0) is 16.6 Å². The lowest BCUT2D eigenvalue weighted by Gasteiger charge is -2.17. The summed E-state index contributed by atoms with van der Waals surface area (Å²) < 4.78 is 25.5. The van der Waals surface area contributed by atoms with Crippen molar-refractivity contribution in [3.05, 3.63) is 41.2 Å². The summed E-state index contributed by atoms with van der Waals surface area (Å²) in [6.45, 7) is 6.18. The smallest absolute Gasteiger partial charge is 0.330 e. The molecule has 1 atom stereocenters. The molecule has 30 heavy (non-hydrogen) atoms. The van der Waals surface area contributed by atoms with E-state index in [4.69, 9.17) is 9.47 Å². The van der Waals surface area contributed by atoms with Crippen molar-refractivity contribution >= 4 is 27.9 Å². The van der Waals surface area contributed by atoms with Crippen molar-refractivity contribution in [1.29, 1.82) is 0 Å². The molecular formula is C21H26N4O4S. The van der Waals surface area contributed by atoms with Crippen LogP contribution in [0.4, 0.5) is 4.79 Å². The van der Waals surface area contributed by atoms with Crippen LogP contribution in [0.3, 0.4) is 0 Å². The first kappa shape index (κ1) is 21.8. The number of aryl methyl sites for hydroxylation is 1. The molecule has 0 saturated heterocycles. The van der Waals surface area contributed by atoms with Crippen LogP contribution < -0.4 is 9.47 Å². The fourth-order valence-corrected chi connectivity index (χ4v) is 4.46. The Bertz CT molecular complexity index is 1130. The molecule has 0 unspecified atom stereocenters. The first-order chi connectivity index (χ1) is 14.3. The van der Waals surface area contributed by atoms with Crippen LogP contribution in [0.1, 0.15) is 23.7 Å². The third kappa shape index (κ3) is 3.89. The molecule has 2 aromatic heterocycles. The van der Waals surface area contributed by atoms with Crippen LogP contribution in [0.15, 0.2) is 29.6 Å². The third-order valence-electron chi connectivity index (χ3n) is 5.04. The molecule has 8 nitrogen and oxygen atoms in total. The number of nitrogens with zero attached hydrogens (tertiary/aromatic N) is 4. The van der Waals surface area contributed by atoms with Crippen molar-refractivity contribution in [2.24, 2.45) is 0 Å². The van der Waals surface area contributed by atoms with Crippen molar-refractivity contribution in [1.82, 2.24) is 19.4 Å². The Hall–Kier alpha value is -2.94. The van der Waals surface area contributed by atoms with Gasteiger partial charge >= 0.3 is 6.03 Å². The Balaban J connectivity index is 2.10. The van der Waals surface area contributed by atoms with Crippen LogP contribution in [0.5, 0.6) is 11.5 Å². The van der Waals surface area contributed by atoms with Gasteiger partial charge in [0.25, 0.3) is 0 Å². The molecule has 0 saturated carbocycles. The maximum Gasteiger partial charge on any atom is 0.330 e. The van der Waals surface area contributed by atoms with E-state index < -0.39 is 10.8 Å². The number of methoxy groups -OCH3 is 2. The van der Waals surface area contributed by atoms with Gasteiger partial charge in [0, 0.05) is 37.0 Å². The lowest BCUT2D eigenvalue weighted by Crippen LogP contribution is -2.32. The highest BCUT2D eigenvalue weighted by Crippen LogP contribution is 2.28. The quantitative estimate of drug-likeness (QED) is 0.596. The molecule has 3 rings (SSSR count). The normalized spacial score (nSPS) is 12.1. The summed E-state index contributed by atoms with van der Waals surface area (Å²) in [5.74, 6) is 1.45. The molecule has 0 radical (unpaired) electrons. The van der Waals surface area contributed by atoms with Gasteiger partial charge in [-0.2, -0.15) is 0 Å². The second-order valence-electron chi connectivity index (χ2n) is 6.92. The van der Waals surface area contributed by atoms with Crippen LogP contribution in [-0.4, -0.2) is 57.5 Å². The van der Waals surface area contributed by atoms with Crippen molar-refractivity contribution in [3.63, 3.8) is 0 Å². The van der Waals surface area contributed by atoms with Crippen LogP contribution in [0, 0.1) is 13.8 Å². The monoisotopic (exact) mass is 430 g/mol. The lowest BCUT2D eigenvalue weighted by atomic mass is 10.1. The highest BCUT2D eigenvalue weighted by molar-refractivity contribution is 7.84. The molecule has 1 aromatic carbocycles. The number of hydrogen-bond donors (Lipinski definition) is 0. The van der Waals surface area contributed by atoms with E-state index in [1.54, 1.807) is 50.6 Å². The Morgan fingerprint density at radius 1 is 1.23 bits per heavy atom. The topological polar surface area (TPSA) is 86.6 Å². The number of ether oxygens (including phenoxy) is 2. The van der Waals surface area contributed by atoms with Gasteiger partial charge in [0.05, 0.1) is 47.5 Å². The van der Waals surface area contributed by atoms with E-state index in [9.17, 15) is 9.00 Å². The molecule has 0 N–H and O–H groups in total. The zero-order chi connectivity index (χ0) is 22.0. The largest absolute Gasteiger partial charge is 0.497 e.